The molecule has 3 aromatic rings. The van der Waals surface area contributed by atoms with E-state index < -0.39 is 0 Å². The Morgan fingerprint density at radius 3 is 2.90 bits per heavy atom. The number of hydrogen-bond acceptors (Lipinski definition) is 6. The highest BCUT2D eigenvalue weighted by Gasteiger charge is 2.16. The van der Waals surface area contributed by atoms with Gasteiger partial charge in [-0.25, -0.2) is 0 Å². The SMILES string of the molecule is COc1cccc(-c2nc(Cc3cccnc3)no2)c1O. The quantitative estimate of drug-likeness (QED) is 0.792. The van der Waals surface area contributed by atoms with Gasteiger partial charge in [0, 0.05) is 18.8 Å². The zero-order valence-corrected chi connectivity index (χ0v) is 11.4. The number of hydrogen-bond donors (Lipinski definition) is 1. The summed E-state index contributed by atoms with van der Waals surface area (Å²) in [6, 6.07) is 8.89. The van der Waals surface area contributed by atoms with Gasteiger partial charge in [0.15, 0.2) is 17.3 Å². The highest BCUT2D eigenvalue weighted by Crippen LogP contribution is 2.35. The number of para-hydroxylation sites is 1. The molecule has 0 fully saturated rings. The van der Waals surface area contributed by atoms with Gasteiger partial charge in [-0.05, 0) is 23.8 Å². The zero-order valence-electron chi connectivity index (χ0n) is 11.4. The molecule has 0 unspecified atom stereocenters. The summed E-state index contributed by atoms with van der Waals surface area (Å²) in [5, 5.41) is 14.0. The smallest absolute Gasteiger partial charge is 0.261 e. The number of rotatable bonds is 4. The Morgan fingerprint density at radius 1 is 1.24 bits per heavy atom. The molecule has 0 amide bonds. The minimum atomic E-state index is -0.0171. The molecule has 0 aliphatic heterocycles. The molecule has 21 heavy (non-hydrogen) atoms. The molecule has 0 saturated heterocycles. The number of ether oxygens (including phenoxy) is 1. The fraction of sp³-hybridized carbons (Fsp3) is 0.133. The molecule has 0 spiro atoms. The van der Waals surface area contributed by atoms with E-state index in [2.05, 4.69) is 15.1 Å². The van der Waals surface area contributed by atoms with E-state index in [4.69, 9.17) is 9.26 Å². The minimum absolute atomic E-state index is 0.0171. The van der Waals surface area contributed by atoms with Gasteiger partial charge in [0.1, 0.15) is 0 Å². The van der Waals surface area contributed by atoms with Crippen LogP contribution in [0.5, 0.6) is 11.5 Å². The van der Waals surface area contributed by atoms with E-state index >= 15 is 0 Å². The third-order valence-electron chi connectivity index (χ3n) is 3.00. The van der Waals surface area contributed by atoms with Crippen LogP contribution in [-0.4, -0.2) is 27.3 Å². The molecule has 2 heterocycles. The Balaban J connectivity index is 1.88. The van der Waals surface area contributed by atoms with Crippen LogP contribution in [0.2, 0.25) is 0 Å². The Bertz CT molecular complexity index is 741. The van der Waals surface area contributed by atoms with E-state index in [-0.39, 0.29) is 11.6 Å². The van der Waals surface area contributed by atoms with Crippen molar-refractivity contribution in [2.24, 2.45) is 0 Å². The second-order valence-corrected chi connectivity index (χ2v) is 4.41. The van der Waals surface area contributed by atoms with Gasteiger partial charge in [0.2, 0.25) is 0 Å². The predicted octanol–water partition coefficient (Wildman–Crippen LogP) is 2.44. The molecule has 6 heteroatoms. The van der Waals surface area contributed by atoms with Crippen molar-refractivity contribution in [3.8, 4) is 23.0 Å². The first kappa shape index (κ1) is 13.1. The fourth-order valence-electron chi connectivity index (χ4n) is 1.98. The maximum absolute atomic E-state index is 10.1. The van der Waals surface area contributed by atoms with Gasteiger partial charge in [-0.2, -0.15) is 4.98 Å². The van der Waals surface area contributed by atoms with Gasteiger partial charge in [-0.3, -0.25) is 4.98 Å². The minimum Gasteiger partial charge on any atom is -0.504 e. The monoisotopic (exact) mass is 283 g/mol. The lowest BCUT2D eigenvalue weighted by molar-refractivity contribution is 0.371. The summed E-state index contributed by atoms with van der Waals surface area (Å²) >= 11 is 0. The van der Waals surface area contributed by atoms with E-state index in [9.17, 15) is 5.11 Å². The van der Waals surface area contributed by atoms with Crippen LogP contribution in [0, 0.1) is 0 Å². The number of pyridine rings is 1. The zero-order chi connectivity index (χ0) is 14.7. The van der Waals surface area contributed by atoms with Crippen LogP contribution in [0.3, 0.4) is 0 Å². The molecule has 0 atom stereocenters. The van der Waals surface area contributed by atoms with Crippen molar-refractivity contribution >= 4 is 0 Å². The third kappa shape index (κ3) is 2.69. The lowest BCUT2D eigenvalue weighted by atomic mass is 10.2. The maximum atomic E-state index is 10.1. The Labute approximate surface area is 121 Å². The molecule has 0 radical (unpaired) electrons. The Morgan fingerprint density at radius 2 is 2.14 bits per heavy atom. The molecule has 0 aliphatic carbocycles. The first-order chi connectivity index (χ1) is 10.3. The number of phenols is 1. The topological polar surface area (TPSA) is 81.3 Å². The maximum Gasteiger partial charge on any atom is 0.261 e. The number of methoxy groups -OCH3 is 1. The van der Waals surface area contributed by atoms with Crippen LogP contribution in [0.4, 0.5) is 0 Å². The number of phenolic OH excluding ortho intramolecular Hbond substituents is 1. The van der Waals surface area contributed by atoms with E-state index in [0.717, 1.165) is 5.56 Å². The summed E-state index contributed by atoms with van der Waals surface area (Å²) in [4.78, 5) is 8.33. The van der Waals surface area contributed by atoms with Crippen molar-refractivity contribution in [3.63, 3.8) is 0 Å². The van der Waals surface area contributed by atoms with E-state index in [1.807, 2.05) is 12.1 Å². The van der Waals surface area contributed by atoms with Crippen LogP contribution in [0.1, 0.15) is 11.4 Å². The van der Waals surface area contributed by atoms with Crippen molar-refractivity contribution in [1.82, 2.24) is 15.1 Å². The van der Waals surface area contributed by atoms with E-state index in [0.29, 0.717) is 23.6 Å². The van der Waals surface area contributed by atoms with Crippen LogP contribution < -0.4 is 4.74 Å². The third-order valence-corrected chi connectivity index (χ3v) is 3.00. The Kier molecular flexibility index (Phi) is 3.51. The van der Waals surface area contributed by atoms with Crippen molar-refractivity contribution < 1.29 is 14.4 Å². The molecule has 1 aromatic carbocycles. The standard InChI is InChI=1S/C15H13N3O3/c1-20-12-6-2-5-11(14(12)19)15-17-13(18-21-15)8-10-4-3-7-16-9-10/h2-7,9,19H,8H2,1H3. The molecule has 0 aliphatic rings. The summed E-state index contributed by atoms with van der Waals surface area (Å²) in [5.41, 5.74) is 1.43. The van der Waals surface area contributed by atoms with Gasteiger partial charge in [-0.1, -0.05) is 17.3 Å². The second-order valence-electron chi connectivity index (χ2n) is 4.41. The number of aromatic hydroxyl groups is 1. The van der Waals surface area contributed by atoms with Gasteiger partial charge in [-0.15, -0.1) is 0 Å². The second kappa shape index (κ2) is 5.62. The van der Waals surface area contributed by atoms with Crippen LogP contribution in [0.25, 0.3) is 11.5 Å². The molecular weight excluding hydrogens is 270 g/mol. The average Bonchev–Trinajstić information content (AvgIpc) is 2.97. The van der Waals surface area contributed by atoms with E-state index in [1.165, 1.54) is 7.11 Å². The van der Waals surface area contributed by atoms with Crippen molar-refractivity contribution in [2.45, 2.75) is 6.42 Å². The molecule has 3 rings (SSSR count). The summed E-state index contributed by atoms with van der Waals surface area (Å²) in [6.07, 6.45) is 3.97. The predicted molar refractivity (Wildman–Crippen MR) is 75.0 cm³/mol. The number of aromatic nitrogens is 3. The molecular formula is C15H13N3O3. The molecule has 6 nitrogen and oxygen atoms in total. The first-order valence-electron chi connectivity index (χ1n) is 6.36. The summed E-state index contributed by atoms with van der Waals surface area (Å²) in [6.45, 7) is 0. The van der Waals surface area contributed by atoms with Crippen molar-refractivity contribution in [1.29, 1.82) is 0 Å². The fourth-order valence-corrected chi connectivity index (χ4v) is 1.98. The van der Waals surface area contributed by atoms with Gasteiger partial charge >= 0.3 is 0 Å². The Hall–Kier alpha value is -2.89. The summed E-state index contributed by atoms with van der Waals surface area (Å²) in [5.74, 6) is 1.13. The molecule has 106 valence electrons. The van der Waals surface area contributed by atoms with Crippen LogP contribution in [-0.2, 0) is 6.42 Å². The number of nitrogens with zero attached hydrogens (tertiary/aromatic N) is 3. The first-order valence-corrected chi connectivity index (χ1v) is 6.36. The molecule has 1 N–H and O–H groups in total. The summed E-state index contributed by atoms with van der Waals surface area (Å²) < 4.78 is 10.3. The van der Waals surface area contributed by atoms with Crippen LogP contribution >= 0.6 is 0 Å². The lowest BCUT2D eigenvalue weighted by Crippen LogP contribution is -1.91. The van der Waals surface area contributed by atoms with Crippen LogP contribution in [0.15, 0.2) is 47.2 Å². The normalized spacial score (nSPS) is 10.5. The molecule has 0 bridgehead atoms. The lowest BCUT2D eigenvalue weighted by Gasteiger charge is -2.04. The van der Waals surface area contributed by atoms with Gasteiger partial charge in [0.25, 0.3) is 5.89 Å². The molecule has 0 saturated carbocycles. The number of benzene rings is 1. The largest absolute Gasteiger partial charge is 0.504 e. The van der Waals surface area contributed by atoms with E-state index in [1.54, 1.807) is 30.6 Å². The van der Waals surface area contributed by atoms with Gasteiger partial charge < -0.3 is 14.4 Å². The summed E-state index contributed by atoms with van der Waals surface area (Å²) in [7, 11) is 1.49. The highest BCUT2D eigenvalue weighted by atomic mass is 16.5. The van der Waals surface area contributed by atoms with Crippen molar-refractivity contribution in [2.75, 3.05) is 7.11 Å². The molecule has 2 aromatic heterocycles. The average molecular weight is 283 g/mol. The highest BCUT2D eigenvalue weighted by molar-refractivity contribution is 5.66. The van der Waals surface area contributed by atoms with Gasteiger partial charge in [0.05, 0.1) is 12.7 Å². The van der Waals surface area contributed by atoms with Crippen molar-refractivity contribution in [3.05, 3.63) is 54.1 Å².